The van der Waals surface area contributed by atoms with Gasteiger partial charge in [-0.05, 0) is 5.56 Å². The van der Waals surface area contributed by atoms with Crippen LogP contribution in [0.4, 0.5) is 0 Å². The van der Waals surface area contributed by atoms with Crippen molar-refractivity contribution >= 4 is 5.71 Å². The maximum Gasteiger partial charge on any atom is 0.0923 e. The Morgan fingerprint density at radius 2 is 1.87 bits per heavy atom. The smallest absolute Gasteiger partial charge is 0.0923 e. The van der Waals surface area contributed by atoms with Crippen molar-refractivity contribution in [3.63, 3.8) is 0 Å². The maximum absolute atomic E-state index is 8.87. The van der Waals surface area contributed by atoms with Gasteiger partial charge >= 0.3 is 0 Å². The minimum Gasteiger partial charge on any atom is -1.00 e. The molecule has 0 fully saturated rings. The minimum absolute atomic E-state index is 0. The lowest BCUT2D eigenvalue weighted by atomic mass is 10.1. The van der Waals surface area contributed by atoms with E-state index in [0.717, 1.165) is 24.2 Å². The van der Waals surface area contributed by atoms with Crippen molar-refractivity contribution in [2.24, 2.45) is 5.16 Å². The van der Waals surface area contributed by atoms with Gasteiger partial charge in [-0.2, -0.15) is 0 Å². The molecule has 0 aliphatic rings. The highest BCUT2D eigenvalue weighted by Crippen LogP contribution is 2.02. The summed E-state index contributed by atoms with van der Waals surface area (Å²) in [4.78, 5) is 1.35. The van der Waals surface area contributed by atoms with Gasteiger partial charge in [-0.25, -0.2) is 0 Å². The van der Waals surface area contributed by atoms with E-state index >= 15 is 0 Å². The van der Waals surface area contributed by atoms with Crippen LogP contribution in [-0.2, 0) is 0 Å². The first-order chi connectivity index (χ1) is 6.74. The van der Waals surface area contributed by atoms with Crippen molar-refractivity contribution in [3.05, 3.63) is 35.9 Å². The molecule has 1 aromatic carbocycles. The van der Waals surface area contributed by atoms with E-state index in [1.54, 1.807) is 0 Å². The fraction of sp³-hybridized carbons (Fsp3) is 0.364. The number of hydrogen-bond donors (Lipinski definition) is 2. The number of benzene rings is 1. The van der Waals surface area contributed by atoms with E-state index in [0.29, 0.717) is 0 Å². The molecular formula is C11H17ClN2O. The monoisotopic (exact) mass is 228 g/mol. The third-order valence-corrected chi connectivity index (χ3v) is 2.09. The van der Waals surface area contributed by atoms with Crippen molar-refractivity contribution < 1.29 is 22.5 Å². The third kappa shape index (κ3) is 4.81. The molecule has 15 heavy (non-hydrogen) atoms. The van der Waals surface area contributed by atoms with Gasteiger partial charge in [-0.3, -0.25) is 0 Å². The zero-order valence-corrected chi connectivity index (χ0v) is 9.83. The van der Waals surface area contributed by atoms with Crippen LogP contribution in [0.5, 0.6) is 0 Å². The summed E-state index contributed by atoms with van der Waals surface area (Å²) >= 11 is 0. The second kappa shape index (κ2) is 7.26. The normalized spacial score (nSPS) is 11.3. The van der Waals surface area contributed by atoms with Gasteiger partial charge in [0.2, 0.25) is 0 Å². The van der Waals surface area contributed by atoms with Crippen LogP contribution >= 0.6 is 0 Å². The van der Waals surface area contributed by atoms with E-state index in [9.17, 15) is 0 Å². The van der Waals surface area contributed by atoms with E-state index in [1.807, 2.05) is 30.3 Å². The van der Waals surface area contributed by atoms with Gasteiger partial charge in [-0.15, -0.1) is 0 Å². The topological polar surface area (TPSA) is 37.0 Å². The summed E-state index contributed by atoms with van der Waals surface area (Å²) in [6.45, 7) is 0.967. The Balaban J connectivity index is 0.00000196. The van der Waals surface area contributed by atoms with Gasteiger partial charge in [0.05, 0.1) is 26.4 Å². The van der Waals surface area contributed by atoms with Gasteiger partial charge in [0.1, 0.15) is 0 Å². The summed E-state index contributed by atoms with van der Waals surface area (Å²) in [5, 5.41) is 12.2. The molecule has 0 radical (unpaired) electrons. The Labute approximate surface area is 96.8 Å². The quantitative estimate of drug-likeness (QED) is 0.331. The van der Waals surface area contributed by atoms with E-state index in [1.165, 1.54) is 4.90 Å². The average Bonchev–Trinajstić information content (AvgIpc) is 2.20. The Morgan fingerprint density at radius 3 is 2.33 bits per heavy atom. The Kier molecular flexibility index (Phi) is 6.75. The van der Waals surface area contributed by atoms with Crippen molar-refractivity contribution in [2.75, 3.05) is 20.6 Å². The fourth-order valence-corrected chi connectivity index (χ4v) is 1.25. The third-order valence-electron chi connectivity index (χ3n) is 2.09. The van der Waals surface area contributed by atoms with Crippen LogP contribution in [0.15, 0.2) is 35.5 Å². The summed E-state index contributed by atoms with van der Waals surface area (Å²) in [5.41, 5.74) is 1.75. The van der Waals surface area contributed by atoms with Crippen LogP contribution in [0.3, 0.4) is 0 Å². The summed E-state index contributed by atoms with van der Waals surface area (Å²) in [6, 6.07) is 9.77. The van der Waals surface area contributed by atoms with Crippen LogP contribution < -0.4 is 17.3 Å². The Bertz CT molecular complexity index is 299. The molecule has 0 unspecified atom stereocenters. The number of hydrogen-bond acceptors (Lipinski definition) is 2. The number of nitrogens with one attached hydrogen (secondary N) is 1. The average molecular weight is 229 g/mol. The molecular weight excluding hydrogens is 212 g/mol. The fourth-order valence-electron chi connectivity index (χ4n) is 1.25. The second-order valence-electron chi connectivity index (χ2n) is 3.62. The lowest BCUT2D eigenvalue weighted by Crippen LogP contribution is -3.05. The van der Waals surface area contributed by atoms with Crippen molar-refractivity contribution in [3.8, 4) is 0 Å². The summed E-state index contributed by atoms with van der Waals surface area (Å²) < 4.78 is 0. The molecule has 1 aromatic rings. The standard InChI is InChI=1S/C11H16N2O.ClH/c1-13(2)9-8-11(12-14)10-6-4-3-5-7-10;/h3-7,14H,8-9H2,1-2H3;1H. The molecule has 0 bridgehead atoms. The first-order valence-electron chi connectivity index (χ1n) is 4.79. The van der Waals surface area contributed by atoms with Crippen molar-refractivity contribution in [1.29, 1.82) is 0 Å². The van der Waals surface area contributed by atoms with Gasteiger partial charge < -0.3 is 22.5 Å². The molecule has 2 N–H and O–H groups in total. The zero-order chi connectivity index (χ0) is 10.4. The highest BCUT2D eigenvalue weighted by molar-refractivity contribution is 6.00. The molecule has 4 heteroatoms. The summed E-state index contributed by atoms with van der Waals surface area (Å²) in [7, 11) is 4.17. The highest BCUT2D eigenvalue weighted by atomic mass is 35.5. The van der Waals surface area contributed by atoms with Crippen LogP contribution in [0.2, 0.25) is 0 Å². The largest absolute Gasteiger partial charge is 1.00 e. The summed E-state index contributed by atoms with van der Waals surface area (Å²) in [6.07, 6.45) is 0.794. The first kappa shape index (κ1) is 13.9. The van der Waals surface area contributed by atoms with Gasteiger partial charge in [0, 0.05) is 6.42 Å². The van der Waals surface area contributed by atoms with Crippen LogP contribution in [0.25, 0.3) is 0 Å². The molecule has 0 aliphatic carbocycles. The van der Waals surface area contributed by atoms with Gasteiger partial charge in [0.15, 0.2) is 0 Å². The SMILES string of the molecule is C[NH+](C)CCC(=NO)c1ccccc1.[Cl-]. The van der Waals surface area contributed by atoms with E-state index in [-0.39, 0.29) is 12.4 Å². The first-order valence-corrected chi connectivity index (χ1v) is 4.79. The lowest BCUT2D eigenvalue weighted by molar-refractivity contribution is -0.857. The van der Waals surface area contributed by atoms with Crippen molar-refractivity contribution in [1.82, 2.24) is 0 Å². The molecule has 0 saturated carbocycles. The molecule has 0 saturated heterocycles. The van der Waals surface area contributed by atoms with Crippen LogP contribution in [0, 0.1) is 0 Å². The summed E-state index contributed by atoms with van der Waals surface area (Å²) in [5.74, 6) is 0. The number of quaternary nitrogens is 1. The number of nitrogens with zero attached hydrogens (tertiary/aromatic N) is 1. The molecule has 0 aromatic heterocycles. The molecule has 0 heterocycles. The minimum atomic E-state index is 0. The molecule has 1 rings (SSSR count). The Morgan fingerprint density at radius 1 is 1.27 bits per heavy atom. The maximum atomic E-state index is 8.87. The van der Waals surface area contributed by atoms with Gasteiger partial charge in [-0.1, -0.05) is 35.5 Å². The van der Waals surface area contributed by atoms with Crippen LogP contribution in [-0.4, -0.2) is 31.6 Å². The number of halogens is 1. The van der Waals surface area contributed by atoms with E-state index in [4.69, 9.17) is 5.21 Å². The lowest BCUT2D eigenvalue weighted by Gasteiger charge is -2.07. The predicted octanol–water partition coefficient (Wildman–Crippen LogP) is -2.60. The second-order valence-corrected chi connectivity index (χ2v) is 3.62. The van der Waals surface area contributed by atoms with E-state index in [2.05, 4.69) is 19.3 Å². The molecule has 84 valence electrons. The predicted molar refractivity (Wildman–Crippen MR) is 57.1 cm³/mol. The zero-order valence-electron chi connectivity index (χ0n) is 9.07. The Hall–Kier alpha value is -1.06. The molecule has 0 atom stereocenters. The van der Waals surface area contributed by atoms with Crippen molar-refractivity contribution in [2.45, 2.75) is 6.42 Å². The number of rotatable bonds is 4. The highest BCUT2D eigenvalue weighted by Gasteiger charge is 2.05. The van der Waals surface area contributed by atoms with Crippen LogP contribution in [0.1, 0.15) is 12.0 Å². The molecule has 0 amide bonds. The van der Waals surface area contributed by atoms with Gasteiger partial charge in [0.25, 0.3) is 0 Å². The molecule has 0 aliphatic heterocycles. The number of oxime groups is 1. The molecule has 3 nitrogen and oxygen atoms in total. The molecule has 0 spiro atoms. The van der Waals surface area contributed by atoms with E-state index < -0.39 is 0 Å².